The molecule has 2 saturated heterocycles. The van der Waals surface area contributed by atoms with Crippen molar-refractivity contribution in [3.63, 3.8) is 0 Å². The summed E-state index contributed by atoms with van der Waals surface area (Å²) in [6, 6.07) is 9.60. The lowest BCUT2D eigenvalue weighted by Crippen LogP contribution is -2.52. The topological polar surface area (TPSA) is 49.8 Å². The van der Waals surface area contributed by atoms with Crippen LogP contribution >= 0.6 is 0 Å². The van der Waals surface area contributed by atoms with E-state index in [1.807, 2.05) is 30.3 Å². The molecule has 4 nitrogen and oxygen atoms in total. The predicted molar refractivity (Wildman–Crippen MR) is 94.7 cm³/mol. The van der Waals surface area contributed by atoms with E-state index >= 15 is 0 Å². The molecule has 0 spiro atoms. The average Bonchev–Trinajstić information content (AvgIpc) is 2.92. The fraction of sp³-hybridized carbons (Fsp3) is 0.381. The third-order valence-corrected chi connectivity index (χ3v) is 5.65. The molecule has 2 aromatic carbocycles. The second-order valence-electron chi connectivity index (χ2n) is 7.52. The number of carbonyl (C=O) groups excluding carboxylic acids is 1. The molecule has 1 N–H and O–H groups in total. The fourth-order valence-electron chi connectivity index (χ4n) is 4.51. The summed E-state index contributed by atoms with van der Waals surface area (Å²) < 4.78 is 47.1. The Morgan fingerprint density at radius 3 is 2.21 bits per heavy atom. The lowest BCUT2D eigenvalue weighted by atomic mass is 9.80. The molecule has 0 aromatic heterocycles. The van der Waals surface area contributed by atoms with Crippen LogP contribution in [0.3, 0.4) is 0 Å². The first-order chi connectivity index (χ1) is 13.4. The van der Waals surface area contributed by atoms with Gasteiger partial charge in [-0.15, -0.1) is 0 Å². The molecule has 4 rings (SSSR count). The highest BCUT2D eigenvalue weighted by atomic mass is 19.1. The minimum Gasteiger partial charge on any atom is -0.445 e. The van der Waals surface area contributed by atoms with Crippen LogP contribution in [0.4, 0.5) is 18.0 Å². The van der Waals surface area contributed by atoms with Crippen LogP contribution in [0.15, 0.2) is 42.5 Å². The molecule has 28 heavy (non-hydrogen) atoms. The van der Waals surface area contributed by atoms with Crippen molar-refractivity contribution in [1.29, 1.82) is 0 Å². The molecule has 2 fully saturated rings. The van der Waals surface area contributed by atoms with Gasteiger partial charge in [-0.3, -0.25) is 0 Å². The zero-order valence-electron chi connectivity index (χ0n) is 15.1. The number of benzene rings is 2. The molecule has 148 valence electrons. The zero-order valence-corrected chi connectivity index (χ0v) is 15.1. The third kappa shape index (κ3) is 3.35. The Kier molecular flexibility index (Phi) is 4.79. The van der Waals surface area contributed by atoms with E-state index in [0.29, 0.717) is 25.0 Å². The van der Waals surface area contributed by atoms with Gasteiger partial charge >= 0.3 is 6.09 Å². The van der Waals surface area contributed by atoms with Crippen LogP contribution in [0, 0.1) is 17.5 Å². The number of hydrogen-bond acceptors (Lipinski definition) is 3. The van der Waals surface area contributed by atoms with Crippen molar-refractivity contribution in [2.24, 2.45) is 0 Å². The van der Waals surface area contributed by atoms with Crippen LogP contribution in [0.1, 0.15) is 36.8 Å². The van der Waals surface area contributed by atoms with E-state index in [4.69, 9.17) is 4.74 Å². The summed E-state index contributed by atoms with van der Waals surface area (Å²) in [6.07, 6.45) is 0.668. The summed E-state index contributed by atoms with van der Waals surface area (Å²) in [6.45, 7) is 0.126. The first-order valence-corrected chi connectivity index (χ1v) is 9.24. The molecule has 2 bridgehead atoms. The highest BCUT2D eigenvalue weighted by Gasteiger charge is 2.52. The summed E-state index contributed by atoms with van der Waals surface area (Å²) in [5, 5.41) is 11.0. The highest BCUT2D eigenvalue weighted by molar-refractivity contribution is 5.69. The van der Waals surface area contributed by atoms with Gasteiger partial charge in [0.05, 0.1) is 11.2 Å². The molecule has 2 aliphatic rings. The Hall–Kier alpha value is -2.54. The Balaban J connectivity index is 1.51. The molecule has 2 aromatic rings. The Morgan fingerprint density at radius 1 is 1.07 bits per heavy atom. The summed E-state index contributed by atoms with van der Waals surface area (Å²) in [5.74, 6) is -3.26. The van der Waals surface area contributed by atoms with E-state index in [2.05, 4.69) is 0 Å². The van der Waals surface area contributed by atoms with E-state index in [-0.39, 0.29) is 19.4 Å². The monoisotopic (exact) mass is 391 g/mol. The van der Waals surface area contributed by atoms with Crippen molar-refractivity contribution in [2.45, 2.75) is 50.0 Å². The molecular weight excluding hydrogens is 371 g/mol. The van der Waals surface area contributed by atoms with Gasteiger partial charge in [-0.2, -0.15) is 0 Å². The molecule has 2 atom stereocenters. The fourth-order valence-corrected chi connectivity index (χ4v) is 4.51. The number of carbonyl (C=O) groups is 1. The number of nitrogens with zero attached hydrogens (tertiary/aromatic N) is 1. The molecule has 0 aliphatic carbocycles. The van der Waals surface area contributed by atoms with E-state index in [1.54, 1.807) is 4.90 Å². The molecule has 2 heterocycles. The average molecular weight is 391 g/mol. The quantitative estimate of drug-likeness (QED) is 0.851. The van der Waals surface area contributed by atoms with Gasteiger partial charge in [0.25, 0.3) is 0 Å². The van der Waals surface area contributed by atoms with Crippen LogP contribution in [-0.2, 0) is 16.9 Å². The van der Waals surface area contributed by atoms with Crippen LogP contribution in [0.5, 0.6) is 0 Å². The first-order valence-electron chi connectivity index (χ1n) is 9.24. The molecule has 0 radical (unpaired) electrons. The van der Waals surface area contributed by atoms with Gasteiger partial charge in [0.2, 0.25) is 0 Å². The Morgan fingerprint density at radius 2 is 1.64 bits per heavy atom. The van der Waals surface area contributed by atoms with E-state index in [0.717, 1.165) is 5.56 Å². The van der Waals surface area contributed by atoms with Crippen molar-refractivity contribution in [2.75, 3.05) is 0 Å². The minimum absolute atomic E-state index is 0.0244. The van der Waals surface area contributed by atoms with Crippen molar-refractivity contribution in [3.8, 4) is 0 Å². The van der Waals surface area contributed by atoms with Crippen LogP contribution in [-0.4, -0.2) is 28.2 Å². The minimum atomic E-state index is -1.79. The lowest BCUT2D eigenvalue weighted by molar-refractivity contribution is -0.0578. The van der Waals surface area contributed by atoms with Crippen molar-refractivity contribution >= 4 is 6.09 Å². The van der Waals surface area contributed by atoms with Crippen LogP contribution in [0.2, 0.25) is 0 Å². The number of fused-ring (bicyclic) bond motifs is 2. The number of piperidine rings is 1. The maximum atomic E-state index is 14.2. The van der Waals surface area contributed by atoms with Crippen molar-refractivity contribution in [3.05, 3.63) is 71.0 Å². The van der Waals surface area contributed by atoms with Gasteiger partial charge in [0.15, 0.2) is 0 Å². The summed E-state index contributed by atoms with van der Waals surface area (Å²) in [4.78, 5) is 14.1. The standard InChI is InChI=1S/C21H20F3NO3/c22-14-8-17(23)19(18(24)9-14)21(27)10-15-6-7-16(11-21)25(15)20(26)28-12-13-4-2-1-3-5-13/h1-5,8-9,15-16,27H,6-7,10-12H2. The van der Waals surface area contributed by atoms with Crippen LogP contribution in [0.25, 0.3) is 0 Å². The maximum Gasteiger partial charge on any atom is 0.410 e. The van der Waals surface area contributed by atoms with Crippen molar-refractivity contribution < 1.29 is 27.8 Å². The Bertz CT molecular complexity index is 853. The van der Waals surface area contributed by atoms with E-state index in [9.17, 15) is 23.1 Å². The lowest BCUT2D eigenvalue weighted by Gasteiger charge is -2.43. The molecule has 7 heteroatoms. The second-order valence-corrected chi connectivity index (χ2v) is 7.52. The van der Waals surface area contributed by atoms with Gasteiger partial charge in [-0.05, 0) is 18.4 Å². The summed E-state index contributed by atoms with van der Waals surface area (Å²) in [5.41, 5.74) is -1.46. The SMILES string of the molecule is O=C(OCc1ccccc1)N1C2CCC1CC(O)(c1c(F)cc(F)cc1F)C2. The van der Waals surface area contributed by atoms with Gasteiger partial charge < -0.3 is 14.7 Å². The molecule has 0 saturated carbocycles. The highest BCUT2D eigenvalue weighted by Crippen LogP contribution is 2.47. The van der Waals surface area contributed by atoms with Crippen molar-refractivity contribution in [1.82, 2.24) is 4.90 Å². The van der Waals surface area contributed by atoms with Gasteiger partial charge in [0, 0.05) is 37.1 Å². The molecule has 1 amide bonds. The Labute approximate surface area is 160 Å². The van der Waals surface area contributed by atoms with E-state index < -0.39 is 46.8 Å². The normalized spacial score (nSPS) is 26.4. The number of hydrogen-bond donors (Lipinski definition) is 1. The molecule has 2 unspecified atom stereocenters. The maximum absolute atomic E-state index is 14.2. The molecular formula is C21H20F3NO3. The third-order valence-electron chi connectivity index (χ3n) is 5.65. The van der Waals surface area contributed by atoms with Gasteiger partial charge in [-0.1, -0.05) is 30.3 Å². The number of rotatable bonds is 3. The molecule has 2 aliphatic heterocycles. The largest absolute Gasteiger partial charge is 0.445 e. The van der Waals surface area contributed by atoms with Gasteiger partial charge in [0.1, 0.15) is 24.1 Å². The number of aliphatic hydroxyl groups is 1. The second kappa shape index (κ2) is 7.13. The summed E-state index contributed by atoms with van der Waals surface area (Å²) >= 11 is 0. The predicted octanol–water partition coefficient (Wildman–Crippen LogP) is 4.26. The smallest absolute Gasteiger partial charge is 0.410 e. The number of ether oxygens (including phenoxy) is 1. The first kappa shape index (κ1) is 18.8. The van der Waals surface area contributed by atoms with E-state index in [1.165, 1.54) is 0 Å². The van der Waals surface area contributed by atoms with Gasteiger partial charge in [-0.25, -0.2) is 18.0 Å². The summed E-state index contributed by atoms with van der Waals surface area (Å²) in [7, 11) is 0. The van der Waals surface area contributed by atoms with Crippen LogP contribution < -0.4 is 0 Å². The zero-order chi connectivity index (χ0) is 19.9. The number of halogens is 3. The number of amides is 1.